The molecule has 2 fully saturated rings. The van der Waals surface area contributed by atoms with Gasteiger partial charge in [-0.2, -0.15) is 0 Å². The molecule has 6 nitrogen and oxygen atoms in total. The minimum Gasteiger partial charge on any atom is -0.379 e. The monoisotopic (exact) mass is 382 g/mol. The molecule has 2 N–H and O–H groups in total. The van der Waals surface area contributed by atoms with Crippen LogP contribution in [0.5, 0.6) is 0 Å². The Morgan fingerprint density at radius 2 is 1.81 bits per heavy atom. The Morgan fingerprint density at radius 3 is 2.52 bits per heavy atom. The first-order chi connectivity index (χ1) is 13.1. The number of unbranched alkanes of at least 4 members (excludes halogenated alkanes) is 2. The fourth-order valence-corrected chi connectivity index (χ4v) is 3.89. The van der Waals surface area contributed by atoms with Gasteiger partial charge >= 0.3 is 0 Å². The Balaban J connectivity index is 1.50. The van der Waals surface area contributed by atoms with Gasteiger partial charge in [0.25, 0.3) is 0 Å². The quantitative estimate of drug-likeness (QED) is 0.346. The third-order valence-electron chi connectivity index (χ3n) is 5.80. The summed E-state index contributed by atoms with van der Waals surface area (Å²) in [5.41, 5.74) is 0.0951. The Morgan fingerprint density at radius 1 is 1.07 bits per heavy atom. The van der Waals surface area contributed by atoms with Crippen LogP contribution in [-0.4, -0.2) is 75.5 Å². The summed E-state index contributed by atoms with van der Waals surface area (Å²) in [7, 11) is 1.84. The summed E-state index contributed by atoms with van der Waals surface area (Å²) >= 11 is 0. The molecule has 1 saturated carbocycles. The molecule has 1 heterocycles. The van der Waals surface area contributed by atoms with Crippen molar-refractivity contribution in [2.24, 2.45) is 4.99 Å². The Hall–Kier alpha value is -0.850. The summed E-state index contributed by atoms with van der Waals surface area (Å²) in [6.07, 6.45) is 10.7. The number of nitrogens with zero attached hydrogens (tertiary/aromatic N) is 2. The van der Waals surface area contributed by atoms with Crippen LogP contribution in [0.3, 0.4) is 0 Å². The van der Waals surface area contributed by atoms with E-state index in [1.807, 2.05) is 7.05 Å². The lowest BCUT2D eigenvalue weighted by molar-refractivity contribution is -0.00833. The molecule has 1 saturated heterocycles. The standard InChI is InChI=1S/C21H42N4O2/c1-21(2,25-13-16-26-17-14-25)18-24-20(22-3)23-12-8-5-9-15-27-19-10-6-4-7-11-19/h19H,4-18H2,1-3H3,(H2,22,23,24). The molecule has 0 aromatic heterocycles. The van der Waals surface area contributed by atoms with E-state index in [-0.39, 0.29) is 5.54 Å². The van der Waals surface area contributed by atoms with Gasteiger partial charge in [-0.1, -0.05) is 19.3 Å². The third-order valence-corrected chi connectivity index (χ3v) is 5.80. The van der Waals surface area contributed by atoms with Crippen molar-refractivity contribution in [2.75, 3.05) is 53.0 Å². The van der Waals surface area contributed by atoms with Crippen LogP contribution in [-0.2, 0) is 9.47 Å². The van der Waals surface area contributed by atoms with E-state index in [0.717, 1.165) is 64.8 Å². The first-order valence-corrected chi connectivity index (χ1v) is 11.0. The van der Waals surface area contributed by atoms with Crippen LogP contribution in [0.25, 0.3) is 0 Å². The third kappa shape index (κ3) is 8.79. The highest BCUT2D eigenvalue weighted by Gasteiger charge is 2.28. The molecule has 1 aliphatic heterocycles. The molecule has 0 unspecified atom stereocenters. The summed E-state index contributed by atoms with van der Waals surface area (Å²) in [6.45, 7) is 11.0. The molecule has 0 aromatic rings. The smallest absolute Gasteiger partial charge is 0.191 e. The predicted octanol–water partition coefficient (Wildman–Crippen LogP) is 2.78. The van der Waals surface area contributed by atoms with Crippen LogP contribution in [0.15, 0.2) is 4.99 Å². The van der Waals surface area contributed by atoms with Crippen LogP contribution in [0.4, 0.5) is 0 Å². The summed E-state index contributed by atoms with van der Waals surface area (Å²) in [4.78, 5) is 6.85. The molecule has 158 valence electrons. The molecular weight excluding hydrogens is 340 g/mol. The second-order valence-corrected chi connectivity index (χ2v) is 8.46. The van der Waals surface area contributed by atoms with Crippen molar-refractivity contribution in [1.29, 1.82) is 0 Å². The number of rotatable bonds is 10. The van der Waals surface area contributed by atoms with Gasteiger partial charge in [-0.15, -0.1) is 0 Å². The van der Waals surface area contributed by atoms with Gasteiger partial charge in [-0.05, 0) is 46.0 Å². The van der Waals surface area contributed by atoms with Gasteiger partial charge in [0.05, 0.1) is 19.3 Å². The van der Waals surface area contributed by atoms with E-state index in [1.54, 1.807) is 0 Å². The van der Waals surface area contributed by atoms with E-state index < -0.39 is 0 Å². The molecular formula is C21H42N4O2. The average Bonchev–Trinajstić information content (AvgIpc) is 2.71. The van der Waals surface area contributed by atoms with E-state index >= 15 is 0 Å². The van der Waals surface area contributed by atoms with E-state index in [2.05, 4.69) is 34.4 Å². The van der Waals surface area contributed by atoms with E-state index in [1.165, 1.54) is 38.5 Å². The Kier molecular flexibility index (Phi) is 10.5. The molecule has 1 aliphatic carbocycles. The molecule has 0 atom stereocenters. The molecule has 0 amide bonds. The number of aliphatic imine (C=N–C) groups is 1. The van der Waals surface area contributed by atoms with Gasteiger partial charge < -0.3 is 20.1 Å². The molecule has 0 radical (unpaired) electrons. The highest BCUT2D eigenvalue weighted by Crippen LogP contribution is 2.20. The Labute approximate surface area is 166 Å². The van der Waals surface area contributed by atoms with Crippen molar-refractivity contribution in [3.8, 4) is 0 Å². The zero-order valence-electron chi connectivity index (χ0n) is 17.9. The van der Waals surface area contributed by atoms with Gasteiger partial charge in [0, 0.05) is 45.4 Å². The van der Waals surface area contributed by atoms with Gasteiger partial charge in [0.2, 0.25) is 0 Å². The second-order valence-electron chi connectivity index (χ2n) is 8.46. The zero-order valence-corrected chi connectivity index (χ0v) is 17.9. The molecule has 0 aromatic carbocycles. The van der Waals surface area contributed by atoms with Crippen molar-refractivity contribution in [3.63, 3.8) is 0 Å². The van der Waals surface area contributed by atoms with Crippen molar-refractivity contribution in [3.05, 3.63) is 0 Å². The lowest BCUT2D eigenvalue weighted by atomic mass is 9.98. The topological polar surface area (TPSA) is 58.1 Å². The van der Waals surface area contributed by atoms with Crippen LogP contribution < -0.4 is 10.6 Å². The van der Waals surface area contributed by atoms with Gasteiger partial charge in [-0.3, -0.25) is 9.89 Å². The molecule has 0 spiro atoms. The maximum absolute atomic E-state index is 6.00. The zero-order chi connectivity index (χ0) is 19.4. The maximum atomic E-state index is 6.00. The fraction of sp³-hybridized carbons (Fsp3) is 0.952. The maximum Gasteiger partial charge on any atom is 0.191 e. The Bertz CT molecular complexity index is 416. The molecule has 2 aliphatic rings. The van der Waals surface area contributed by atoms with E-state index in [4.69, 9.17) is 9.47 Å². The van der Waals surface area contributed by atoms with E-state index in [9.17, 15) is 0 Å². The first kappa shape index (κ1) is 22.4. The summed E-state index contributed by atoms with van der Waals surface area (Å²) in [6, 6.07) is 0. The largest absolute Gasteiger partial charge is 0.379 e. The number of hydrogen-bond acceptors (Lipinski definition) is 4. The minimum atomic E-state index is 0.0951. The first-order valence-electron chi connectivity index (χ1n) is 11.0. The number of ether oxygens (including phenoxy) is 2. The molecule has 2 rings (SSSR count). The van der Waals surface area contributed by atoms with Crippen LogP contribution >= 0.6 is 0 Å². The number of morpholine rings is 1. The number of hydrogen-bond donors (Lipinski definition) is 2. The SMILES string of the molecule is CN=C(NCCCCCOC1CCCCC1)NCC(C)(C)N1CCOCC1. The fourth-order valence-electron chi connectivity index (χ4n) is 3.89. The summed E-state index contributed by atoms with van der Waals surface area (Å²) < 4.78 is 11.5. The van der Waals surface area contributed by atoms with Gasteiger partial charge in [-0.25, -0.2) is 0 Å². The van der Waals surface area contributed by atoms with Crippen LogP contribution in [0, 0.1) is 0 Å². The molecule has 6 heteroatoms. The second kappa shape index (κ2) is 12.6. The van der Waals surface area contributed by atoms with Crippen molar-refractivity contribution in [1.82, 2.24) is 15.5 Å². The van der Waals surface area contributed by atoms with Crippen LogP contribution in [0.2, 0.25) is 0 Å². The van der Waals surface area contributed by atoms with E-state index in [0.29, 0.717) is 6.10 Å². The number of guanidine groups is 1. The normalized spacial score (nSPS) is 20.6. The van der Waals surface area contributed by atoms with Crippen LogP contribution in [0.1, 0.15) is 65.2 Å². The lowest BCUT2D eigenvalue weighted by Gasteiger charge is -2.41. The highest BCUT2D eigenvalue weighted by molar-refractivity contribution is 5.79. The molecule has 0 bridgehead atoms. The van der Waals surface area contributed by atoms with Crippen molar-refractivity contribution < 1.29 is 9.47 Å². The van der Waals surface area contributed by atoms with Gasteiger partial charge in [0.15, 0.2) is 5.96 Å². The molecule has 27 heavy (non-hydrogen) atoms. The summed E-state index contributed by atoms with van der Waals surface area (Å²) in [5, 5.41) is 6.92. The van der Waals surface area contributed by atoms with Crippen molar-refractivity contribution >= 4 is 5.96 Å². The highest BCUT2D eigenvalue weighted by atomic mass is 16.5. The van der Waals surface area contributed by atoms with Crippen molar-refractivity contribution in [2.45, 2.75) is 76.9 Å². The lowest BCUT2D eigenvalue weighted by Crippen LogP contribution is -2.56. The predicted molar refractivity (Wildman–Crippen MR) is 113 cm³/mol. The van der Waals surface area contributed by atoms with Gasteiger partial charge in [0.1, 0.15) is 0 Å². The average molecular weight is 383 g/mol. The summed E-state index contributed by atoms with van der Waals surface area (Å²) in [5.74, 6) is 0.898. The number of nitrogens with one attached hydrogen (secondary N) is 2. The minimum absolute atomic E-state index is 0.0951.